The van der Waals surface area contributed by atoms with Gasteiger partial charge in [-0.25, -0.2) is 13.4 Å². The van der Waals surface area contributed by atoms with Gasteiger partial charge in [-0.05, 0) is 49.4 Å². The fourth-order valence-electron chi connectivity index (χ4n) is 4.80. The number of para-hydroxylation sites is 1. The van der Waals surface area contributed by atoms with Gasteiger partial charge < -0.3 is 25.5 Å². The molecule has 2 amide bonds. The van der Waals surface area contributed by atoms with Gasteiger partial charge in [-0.2, -0.15) is 0 Å². The van der Waals surface area contributed by atoms with Crippen molar-refractivity contribution in [2.24, 2.45) is 11.7 Å². The molecule has 3 unspecified atom stereocenters. The molecule has 0 saturated carbocycles. The molecule has 4 N–H and O–H groups in total. The van der Waals surface area contributed by atoms with Gasteiger partial charge in [0.05, 0.1) is 0 Å². The summed E-state index contributed by atoms with van der Waals surface area (Å²) in [5.41, 5.74) is 6.70. The standard InChI is InChI=1S/C27H34N4O6S/c1-17(2)15-20(30-25(33)22-16-18-9-3-4-11-21(18)37-22)26(34)31-14-8-6-10-19(28)24(32)27(31)38(35,36)23-12-5-7-13-29-23/h3-5,7,9,11-13,16-17,19-20,24,27,32H,6,8,10,14-15,28H2,1-2H3,(H,30,33)/t19?,20-,24?,27?/m0/s1. The van der Waals surface area contributed by atoms with Gasteiger partial charge in [-0.15, -0.1) is 0 Å². The van der Waals surface area contributed by atoms with Gasteiger partial charge in [0.15, 0.2) is 16.2 Å². The smallest absolute Gasteiger partial charge is 0.287 e. The molecule has 0 radical (unpaired) electrons. The predicted octanol–water partition coefficient (Wildman–Crippen LogP) is 2.47. The molecule has 0 aliphatic carbocycles. The third-order valence-corrected chi connectivity index (χ3v) is 8.71. The van der Waals surface area contributed by atoms with Crippen LogP contribution in [0.1, 0.15) is 50.1 Å². The Bertz CT molecular complexity index is 1340. The van der Waals surface area contributed by atoms with Crippen molar-refractivity contribution in [3.8, 4) is 0 Å². The number of hydrogen-bond donors (Lipinski definition) is 3. The molecule has 1 saturated heterocycles. The Hall–Kier alpha value is -3.28. The predicted molar refractivity (Wildman–Crippen MR) is 142 cm³/mol. The highest BCUT2D eigenvalue weighted by molar-refractivity contribution is 7.92. The third kappa shape index (κ3) is 5.90. The van der Waals surface area contributed by atoms with Gasteiger partial charge >= 0.3 is 0 Å². The highest BCUT2D eigenvalue weighted by Crippen LogP contribution is 2.27. The van der Waals surface area contributed by atoms with Crippen LogP contribution >= 0.6 is 0 Å². The zero-order chi connectivity index (χ0) is 27.4. The second-order valence-electron chi connectivity index (χ2n) is 10.1. The summed E-state index contributed by atoms with van der Waals surface area (Å²) in [5, 5.41) is 12.7. The second-order valence-corrected chi connectivity index (χ2v) is 12.1. The van der Waals surface area contributed by atoms with Gasteiger partial charge in [0.25, 0.3) is 5.91 Å². The maximum Gasteiger partial charge on any atom is 0.287 e. The number of nitrogens with one attached hydrogen (secondary N) is 1. The van der Waals surface area contributed by atoms with Gasteiger partial charge in [0, 0.05) is 24.2 Å². The van der Waals surface area contributed by atoms with Gasteiger partial charge in [-0.3, -0.25) is 9.59 Å². The van der Waals surface area contributed by atoms with Crippen LogP contribution in [-0.4, -0.2) is 65.3 Å². The number of likely N-dealkylation sites (tertiary alicyclic amines) is 1. The van der Waals surface area contributed by atoms with Crippen LogP contribution in [-0.2, 0) is 14.6 Å². The highest BCUT2D eigenvalue weighted by atomic mass is 32.2. The molecule has 2 aromatic heterocycles. The highest BCUT2D eigenvalue weighted by Gasteiger charge is 2.46. The summed E-state index contributed by atoms with van der Waals surface area (Å²) in [6, 6.07) is 11.3. The van der Waals surface area contributed by atoms with Crippen LogP contribution in [0.2, 0.25) is 0 Å². The Morgan fingerprint density at radius 2 is 1.92 bits per heavy atom. The second kappa shape index (κ2) is 11.6. The molecule has 204 valence electrons. The van der Waals surface area contributed by atoms with E-state index in [1.165, 1.54) is 18.3 Å². The molecule has 3 aromatic rings. The van der Waals surface area contributed by atoms with Gasteiger partial charge in [0.1, 0.15) is 17.7 Å². The number of carbonyl (C=O) groups excluding carboxylic acids is 2. The molecule has 1 aliphatic heterocycles. The minimum Gasteiger partial charge on any atom is -0.451 e. The third-order valence-electron chi connectivity index (χ3n) is 6.71. The van der Waals surface area contributed by atoms with Crippen molar-refractivity contribution in [2.75, 3.05) is 6.54 Å². The molecule has 0 bridgehead atoms. The molecule has 38 heavy (non-hydrogen) atoms. The van der Waals surface area contributed by atoms with E-state index in [1.54, 1.807) is 24.3 Å². The van der Waals surface area contributed by atoms with E-state index in [0.717, 1.165) is 10.3 Å². The van der Waals surface area contributed by atoms with Crippen molar-refractivity contribution < 1.29 is 27.5 Å². The fourth-order valence-corrected chi connectivity index (χ4v) is 6.63. The van der Waals surface area contributed by atoms with E-state index in [9.17, 15) is 23.1 Å². The first kappa shape index (κ1) is 27.7. The number of aliphatic hydroxyl groups is 1. The summed E-state index contributed by atoms with van der Waals surface area (Å²) in [4.78, 5) is 32.3. The lowest BCUT2D eigenvalue weighted by molar-refractivity contribution is -0.137. The Kier molecular flexibility index (Phi) is 8.49. The Morgan fingerprint density at radius 3 is 2.61 bits per heavy atom. The molecule has 4 atom stereocenters. The molecule has 3 heterocycles. The average Bonchev–Trinajstić information content (AvgIpc) is 3.33. The SMILES string of the molecule is CC(C)C[C@H](NC(=O)c1cc2ccccc2o1)C(=O)N1CCCCC(N)C(O)C1S(=O)(=O)c1ccccn1. The summed E-state index contributed by atoms with van der Waals surface area (Å²) in [7, 11) is -4.31. The van der Waals surface area contributed by atoms with Crippen LogP contribution in [0, 0.1) is 5.92 Å². The molecule has 1 aromatic carbocycles. The topological polar surface area (TPSA) is 156 Å². The zero-order valence-electron chi connectivity index (χ0n) is 21.5. The van der Waals surface area contributed by atoms with E-state index < -0.39 is 45.2 Å². The summed E-state index contributed by atoms with van der Waals surface area (Å²) in [6.07, 6.45) is 1.56. The molecule has 0 spiro atoms. The first-order chi connectivity index (χ1) is 18.1. The number of amides is 2. The van der Waals surface area contributed by atoms with Gasteiger partial charge in [-0.1, -0.05) is 44.5 Å². The van der Waals surface area contributed by atoms with Crippen molar-refractivity contribution in [1.82, 2.24) is 15.2 Å². The average molecular weight is 543 g/mol. The van der Waals surface area contributed by atoms with Crippen LogP contribution in [0.25, 0.3) is 11.0 Å². The van der Waals surface area contributed by atoms with E-state index in [2.05, 4.69) is 10.3 Å². The Morgan fingerprint density at radius 1 is 1.18 bits per heavy atom. The first-order valence-corrected chi connectivity index (χ1v) is 14.3. The molecular weight excluding hydrogens is 508 g/mol. The lowest BCUT2D eigenvalue weighted by atomic mass is 9.98. The molecule has 4 rings (SSSR count). The first-order valence-electron chi connectivity index (χ1n) is 12.8. The maximum atomic E-state index is 14.0. The van der Waals surface area contributed by atoms with Gasteiger partial charge in [0.2, 0.25) is 15.7 Å². The normalized spacial score (nSPS) is 21.6. The molecule has 1 aliphatic rings. The number of aromatic nitrogens is 1. The van der Waals surface area contributed by atoms with Crippen molar-refractivity contribution in [1.29, 1.82) is 0 Å². The number of fused-ring (bicyclic) bond motifs is 1. The fraction of sp³-hybridized carbons (Fsp3) is 0.444. The van der Waals surface area contributed by atoms with Crippen molar-refractivity contribution >= 4 is 32.6 Å². The lowest BCUT2D eigenvalue weighted by Crippen LogP contribution is -2.61. The minimum atomic E-state index is -4.31. The Balaban J connectivity index is 1.69. The zero-order valence-corrected chi connectivity index (χ0v) is 22.3. The van der Waals surface area contributed by atoms with E-state index in [-0.39, 0.29) is 29.7 Å². The number of furan rings is 1. The van der Waals surface area contributed by atoms with Crippen molar-refractivity contribution in [3.05, 3.63) is 60.5 Å². The summed E-state index contributed by atoms with van der Waals surface area (Å²) >= 11 is 0. The lowest BCUT2D eigenvalue weighted by Gasteiger charge is -2.39. The monoisotopic (exact) mass is 542 g/mol. The minimum absolute atomic E-state index is 0.00675. The number of nitrogens with two attached hydrogens (primary N) is 1. The van der Waals surface area contributed by atoms with Crippen LogP contribution in [0.15, 0.2) is 64.2 Å². The summed E-state index contributed by atoms with van der Waals surface area (Å²) in [6.45, 7) is 3.87. The maximum absolute atomic E-state index is 14.0. The van der Waals surface area contributed by atoms with E-state index in [0.29, 0.717) is 24.8 Å². The van der Waals surface area contributed by atoms with Crippen LogP contribution in [0.3, 0.4) is 0 Å². The molecular formula is C27H34N4O6S. The Labute approximate surface area is 222 Å². The quantitative estimate of drug-likeness (QED) is 0.411. The molecule has 1 fully saturated rings. The van der Waals surface area contributed by atoms with Crippen LogP contribution in [0.5, 0.6) is 0 Å². The van der Waals surface area contributed by atoms with E-state index in [4.69, 9.17) is 10.2 Å². The molecule has 11 heteroatoms. The molecule has 10 nitrogen and oxygen atoms in total. The van der Waals surface area contributed by atoms with E-state index in [1.807, 2.05) is 26.0 Å². The van der Waals surface area contributed by atoms with E-state index >= 15 is 0 Å². The van der Waals surface area contributed by atoms with Crippen molar-refractivity contribution in [2.45, 2.75) is 68.1 Å². The number of sulfone groups is 1. The number of aliphatic hydroxyl groups excluding tert-OH is 1. The van der Waals surface area contributed by atoms with Crippen LogP contribution in [0.4, 0.5) is 0 Å². The van der Waals surface area contributed by atoms with Crippen LogP contribution < -0.4 is 11.1 Å². The number of benzene rings is 1. The number of pyridine rings is 1. The summed E-state index contributed by atoms with van der Waals surface area (Å²) < 4.78 is 33.1. The van der Waals surface area contributed by atoms with Crippen molar-refractivity contribution in [3.63, 3.8) is 0 Å². The number of carbonyl (C=O) groups is 2. The number of nitrogens with zero attached hydrogens (tertiary/aromatic N) is 2. The summed E-state index contributed by atoms with van der Waals surface area (Å²) in [5.74, 6) is -1.16. The largest absolute Gasteiger partial charge is 0.451 e. The number of hydrogen-bond acceptors (Lipinski definition) is 8. The number of rotatable bonds is 7.